The van der Waals surface area contributed by atoms with Gasteiger partial charge in [-0.3, -0.25) is 9.59 Å². The van der Waals surface area contributed by atoms with E-state index in [4.69, 9.17) is 4.74 Å². The molecule has 1 unspecified atom stereocenters. The third-order valence-corrected chi connectivity index (χ3v) is 7.75. The summed E-state index contributed by atoms with van der Waals surface area (Å²) in [4.78, 5) is 38.6. The number of carbonyl (C=O) groups is 3. The Morgan fingerprint density at radius 1 is 1.06 bits per heavy atom. The van der Waals surface area contributed by atoms with Crippen LogP contribution in [0.5, 0.6) is 0 Å². The maximum atomic E-state index is 12.9. The number of alkyl carbamates (subject to hydrolysis) is 1. The fourth-order valence-electron chi connectivity index (χ4n) is 5.73. The second kappa shape index (κ2) is 8.78. The van der Waals surface area contributed by atoms with Crippen molar-refractivity contribution < 1.29 is 24.2 Å². The van der Waals surface area contributed by atoms with Gasteiger partial charge < -0.3 is 20.1 Å². The van der Waals surface area contributed by atoms with Crippen LogP contribution in [0.3, 0.4) is 0 Å². The van der Waals surface area contributed by atoms with E-state index in [2.05, 4.69) is 29.6 Å². The highest BCUT2D eigenvalue weighted by Gasteiger charge is 2.44. The number of benzene rings is 2. The predicted molar refractivity (Wildman–Crippen MR) is 126 cm³/mol. The summed E-state index contributed by atoms with van der Waals surface area (Å²) >= 11 is 0. The number of ether oxygens (including phenoxy) is 1. The lowest BCUT2D eigenvalue weighted by atomic mass is 9.90. The zero-order valence-corrected chi connectivity index (χ0v) is 19.3. The first-order valence-electron chi connectivity index (χ1n) is 12.0. The molecule has 2 fully saturated rings. The number of likely N-dealkylation sites (tertiary alicyclic amines) is 1. The summed E-state index contributed by atoms with van der Waals surface area (Å²) in [6.07, 6.45) is 1.98. The van der Waals surface area contributed by atoms with E-state index < -0.39 is 17.5 Å². The van der Waals surface area contributed by atoms with Gasteiger partial charge in [0.15, 0.2) is 0 Å². The van der Waals surface area contributed by atoms with Crippen LogP contribution in [0.2, 0.25) is 0 Å². The maximum absolute atomic E-state index is 12.9. The fourth-order valence-corrected chi connectivity index (χ4v) is 5.73. The van der Waals surface area contributed by atoms with E-state index in [9.17, 15) is 19.5 Å². The van der Waals surface area contributed by atoms with E-state index in [0.29, 0.717) is 32.2 Å². The number of hydrogen-bond acceptors (Lipinski definition) is 4. The smallest absolute Gasteiger partial charge is 0.407 e. The summed E-state index contributed by atoms with van der Waals surface area (Å²) in [5.74, 6) is -1.03. The molecule has 3 aliphatic rings. The summed E-state index contributed by atoms with van der Waals surface area (Å²) in [5, 5.41) is 12.4. The topological polar surface area (TPSA) is 95.9 Å². The molecule has 3 atom stereocenters. The van der Waals surface area contributed by atoms with Crippen molar-refractivity contribution in [1.29, 1.82) is 0 Å². The molecule has 0 spiro atoms. The zero-order chi connectivity index (χ0) is 23.9. The van der Waals surface area contributed by atoms with Crippen LogP contribution in [0.25, 0.3) is 11.1 Å². The molecule has 178 valence electrons. The van der Waals surface area contributed by atoms with Gasteiger partial charge in [0, 0.05) is 31.0 Å². The average molecular weight is 463 g/mol. The highest BCUT2D eigenvalue weighted by Crippen LogP contribution is 2.44. The van der Waals surface area contributed by atoms with Gasteiger partial charge in [-0.1, -0.05) is 48.5 Å². The molecule has 34 heavy (non-hydrogen) atoms. The van der Waals surface area contributed by atoms with Gasteiger partial charge in [-0.15, -0.1) is 0 Å². The lowest BCUT2D eigenvalue weighted by molar-refractivity contribution is -0.147. The largest absolute Gasteiger partial charge is 0.481 e. The van der Waals surface area contributed by atoms with Crippen molar-refractivity contribution in [3.05, 3.63) is 59.7 Å². The van der Waals surface area contributed by atoms with Crippen LogP contribution in [0.15, 0.2) is 48.5 Å². The van der Waals surface area contributed by atoms with Crippen molar-refractivity contribution in [3.8, 4) is 11.1 Å². The molecular weight excluding hydrogens is 432 g/mol. The summed E-state index contributed by atoms with van der Waals surface area (Å²) < 4.78 is 5.64. The van der Waals surface area contributed by atoms with Gasteiger partial charge in [0.25, 0.3) is 0 Å². The number of carbonyl (C=O) groups excluding carboxylic acids is 2. The van der Waals surface area contributed by atoms with E-state index >= 15 is 0 Å². The van der Waals surface area contributed by atoms with Gasteiger partial charge in [-0.25, -0.2) is 4.79 Å². The van der Waals surface area contributed by atoms with Crippen molar-refractivity contribution in [2.75, 3.05) is 19.7 Å². The number of rotatable bonds is 5. The highest BCUT2D eigenvalue weighted by molar-refractivity contribution is 5.82. The Labute approximate surface area is 199 Å². The lowest BCUT2D eigenvalue weighted by Crippen LogP contribution is -2.38. The Bertz CT molecular complexity index is 1090. The summed E-state index contributed by atoms with van der Waals surface area (Å²) in [6, 6.07) is 16.3. The number of fused-ring (bicyclic) bond motifs is 3. The highest BCUT2D eigenvalue weighted by atomic mass is 16.5. The Kier molecular flexibility index (Phi) is 5.80. The van der Waals surface area contributed by atoms with Gasteiger partial charge in [-0.2, -0.15) is 0 Å². The van der Waals surface area contributed by atoms with E-state index in [0.717, 1.165) is 0 Å². The molecule has 7 nitrogen and oxygen atoms in total. The molecular formula is C27H30N2O5. The third kappa shape index (κ3) is 4.04. The van der Waals surface area contributed by atoms with E-state index in [1.54, 1.807) is 11.8 Å². The lowest BCUT2D eigenvalue weighted by Gasteiger charge is -2.23. The van der Waals surface area contributed by atoms with E-state index in [1.807, 2.05) is 24.3 Å². The first kappa shape index (κ1) is 22.4. The number of nitrogens with zero attached hydrogens (tertiary/aromatic N) is 1. The van der Waals surface area contributed by atoms with Crippen molar-refractivity contribution in [2.45, 2.75) is 44.6 Å². The monoisotopic (exact) mass is 462 g/mol. The third-order valence-electron chi connectivity index (χ3n) is 7.75. The SMILES string of the molecule is CC1(C(=O)O)CCN(C(=O)[C@H]2CC[C@@H](NC(=O)OCC3c4ccccc4-c4ccccc43)C2)C1. The molecule has 5 rings (SSSR count). The number of amides is 2. The second-order valence-corrected chi connectivity index (χ2v) is 10.1. The maximum Gasteiger partial charge on any atom is 0.407 e. The van der Waals surface area contributed by atoms with Crippen LogP contribution < -0.4 is 5.32 Å². The normalized spacial score (nSPS) is 25.6. The van der Waals surface area contributed by atoms with Crippen LogP contribution in [0.4, 0.5) is 4.79 Å². The first-order valence-corrected chi connectivity index (χ1v) is 12.0. The van der Waals surface area contributed by atoms with Crippen molar-refractivity contribution in [2.24, 2.45) is 11.3 Å². The molecule has 2 amide bonds. The van der Waals surface area contributed by atoms with Crippen LogP contribution in [-0.4, -0.2) is 53.7 Å². The van der Waals surface area contributed by atoms with Crippen molar-refractivity contribution in [1.82, 2.24) is 10.2 Å². The van der Waals surface area contributed by atoms with Crippen LogP contribution in [0, 0.1) is 11.3 Å². The molecule has 2 N–H and O–H groups in total. The second-order valence-electron chi connectivity index (χ2n) is 10.1. The molecule has 2 aromatic rings. The number of aliphatic carboxylic acids is 1. The fraction of sp³-hybridized carbons (Fsp3) is 0.444. The minimum absolute atomic E-state index is 0.00168. The molecule has 7 heteroatoms. The molecule has 1 saturated heterocycles. The van der Waals surface area contributed by atoms with Crippen LogP contribution in [-0.2, 0) is 14.3 Å². The van der Waals surface area contributed by atoms with Gasteiger partial charge in [0.05, 0.1) is 5.41 Å². The minimum atomic E-state index is -0.868. The standard InChI is InChI=1S/C27H30N2O5/c1-27(25(31)32)12-13-29(16-27)24(30)17-10-11-18(14-17)28-26(33)34-15-23-21-8-4-2-6-19(21)20-7-3-5-9-22(20)23/h2-9,17-18,23H,10-16H2,1H3,(H,28,33)(H,31,32)/t17-,18+,27?/m0/s1. The van der Waals surface area contributed by atoms with Crippen molar-refractivity contribution in [3.63, 3.8) is 0 Å². The molecule has 2 aromatic carbocycles. The Balaban J connectivity index is 1.14. The quantitative estimate of drug-likeness (QED) is 0.700. The molecule has 1 heterocycles. The molecule has 0 aromatic heterocycles. The summed E-state index contributed by atoms with van der Waals surface area (Å²) in [7, 11) is 0. The number of hydrogen-bond donors (Lipinski definition) is 2. The molecule has 0 bridgehead atoms. The number of carboxylic acids is 1. The molecule has 1 saturated carbocycles. The van der Waals surface area contributed by atoms with Crippen molar-refractivity contribution >= 4 is 18.0 Å². The average Bonchev–Trinajstić information content (AvgIpc) is 3.54. The minimum Gasteiger partial charge on any atom is -0.481 e. The summed E-state index contributed by atoms with van der Waals surface area (Å²) in [6.45, 7) is 2.68. The Morgan fingerprint density at radius 3 is 2.32 bits per heavy atom. The van der Waals surface area contributed by atoms with E-state index in [1.165, 1.54) is 22.3 Å². The van der Waals surface area contributed by atoms with Gasteiger partial charge in [0.1, 0.15) is 6.61 Å². The number of nitrogens with one attached hydrogen (secondary N) is 1. The zero-order valence-electron chi connectivity index (χ0n) is 19.3. The van der Waals surface area contributed by atoms with Crippen LogP contribution >= 0.6 is 0 Å². The Hall–Kier alpha value is -3.35. The Morgan fingerprint density at radius 2 is 1.71 bits per heavy atom. The van der Waals surface area contributed by atoms with E-state index in [-0.39, 0.29) is 36.9 Å². The first-order chi connectivity index (χ1) is 16.4. The molecule has 0 radical (unpaired) electrons. The number of carboxylic acid groups (broad SMARTS) is 1. The summed E-state index contributed by atoms with van der Waals surface area (Å²) in [5.41, 5.74) is 3.84. The molecule has 1 aliphatic heterocycles. The molecule has 2 aliphatic carbocycles. The van der Waals surface area contributed by atoms with Crippen LogP contribution in [0.1, 0.15) is 49.7 Å². The predicted octanol–water partition coefficient (Wildman–Crippen LogP) is 4.02. The van der Waals surface area contributed by atoms with Gasteiger partial charge >= 0.3 is 12.1 Å². The van der Waals surface area contributed by atoms with Gasteiger partial charge in [-0.05, 0) is 54.9 Å². The van der Waals surface area contributed by atoms with Gasteiger partial charge in [0.2, 0.25) is 5.91 Å².